The second-order valence-corrected chi connectivity index (χ2v) is 8.99. The topological polar surface area (TPSA) is 39.7 Å². The molecule has 30 heavy (non-hydrogen) atoms. The Morgan fingerprint density at radius 3 is 2.60 bits per heavy atom. The van der Waals surface area contributed by atoms with E-state index >= 15 is 0 Å². The standard InChI is InChI=1S/C23H25FN4OS/c24-18-3-5-19(6-4-18)26-11-13-27(14-12-26)23(29)17-2-1-10-28(16-17)22-20-8-15-30-21(20)7-9-25-22/h3-9,15,17H,1-2,10-14,16H2/t17-/m0/s1. The molecule has 7 heteroatoms. The van der Waals surface area contributed by atoms with E-state index in [9.17, 15) is 9.18 Å². The van der Waals surface area contributed by atoms with E-state index in [-0.39, 0.29) is 17.6 Å². The van der Waals surface area contributed by atoms with E-state index < -0.39 is 0 Å². The van der Waals surface area contributed by atoms with Crippen LogP contribution in [0.25, 0.3) is 10.1 Å². The van der Waals surface area contributed by atoms with Gasteiger partial charge in [-0.25, -0.2) is 9.37 Å². The Labute approximate surface area is 179 Å². The summed E-state index contributed by atoms with van der Waals surface area (Å²) in [6.07, 6.45) is 3.82. The molecule has 0 bridgehead atoms. The molecule has 5 rings (SSSR count). The fourth-order valence-electron chi connectivity index (χ4n) is 4.60. The second kappa shape index (κ2) is 8.22. The van der Waals surface area contributed by atoms with Gasteiger partial charge in [0.2, 0.25) is 5.91 Å². The average Bonchev–Trinajstić information content (AvgIpc) is 3.28. The van der Waals surface area contributed by atoms with Gasteiger partial charge in [0.15, 0.2) is 0 Å². The van der Waals surface area contributed by atoms with Crippen molar-refractivity contribution in [1.29, 1.82) is 0 Å². The first-order chi connectivity index (χ1) is 14.7. The molecule has 0 saturated carbocycles. The van der Waals surface area contributed by atoms with Crippen LogP contribution in [0, 0.1) is 11.7 Å². The number of rotatable bonds is 3. The highest BCUT2D eigenvalue weighted by molar-refractivity contribution is 7.17. The minimum Gasteiger partial charge on any atom is -0.368 e. The molecule has 1 aromatic carbocycles. The lowest BCUT2D eigenvalue weighted by Crippen LogP contribution is -2.52. The second-order valence-electron chi connectivity index (χ2n) is 8.04. The monoisotopic (exact) mass is 424 g/mol. The SMILES string of the molecule is O=C([C@H]1CCCN(c2nccc3sccc23)C1)N1CCN(c2ccc(F)cc2)CC1. The number of fused-ring (bicyclic) bond motifs is 1. The maximum Gasteiger partial charge on any atom is 0.227 e. The quantitative estimate of drug-likeness (QED) is 0.637. The number of benzene rings is 1. The molecule has 0 radical (unpaired) electrons. The Hall–Kier alpha value is -2.67. The summed E-state index contributed by atoms with van der Waals surface area (Å²) < 4.78 is 14.4. The van der Waals surface area contributed by atoms with Gasteiger partial charge in [-0.05, 0) is 54.6 Å². The van der Waals surface area contributed by atoms with E-state index in [0.717, 1.165) is 50.5 Å². The fraction of sp³-hybridized carbons (Fsp3) is 0.391. The number of aromatic nitrogens is 1. The van der Waals surface area contributed by atoms with Crippen molar-refractivity contribution in [3.8, 4) is 0 Å². The van der Waals surface area contributed by atoms with Crippen LogP contribution in [-0.4, -0.2) is 55.1 Å². The Morgan fingerprint density at radius 2 is 1.80 bits per heavy atom. The van der Waals surface area contributed by atoms with E-state index in [1.54, 1.807) is 11.3 Å². The van der Waals surface area contributed by atoms with E-state index in [4.69, 9.17) is 0 Å². The number of amides is 1. The summed E-state index contributed by atoms with van der Waals surface area (Å²) in [5, 5.41) is 3.28. The van der Waals surface area contributed by atoms with E-state index in [2.05, 4.69) is 32.3 Å². The number of thiophene rings is 1. The molecule has 2 saturated heterocycles. The smallest absolute Gasteiger partial charge is 0.227 e. The number of nitrogens with zero attached hydrogens (tertiary/aromatic N) is 4. The Bertz CT molecular complexity index is 1030. The molecule has 0 N–H and O–H groups in total. The van der Waals surface area contributed by atoms with Gasteiger partial charge in [-0.2, -0.15) is 0 Å². The molecule has 0 aliphatic carbocycles. The van der Waals surface area contributed by atoms with Crippen molar-refractivity contribution in [1.82, 2.24) is 9.88 Å². The van der Waals surface area contributed by atoms with Crippen LogP contribution >= 0.6 is 11.3 Å². The van der Waals surface area contributed by atoms with E-state index in [0.29, 0.717) is 13.1 Å². The molecule has 2 aliphatic heterocycles. The zero-order valence-electron chi connectivity index (χ0n) is 16.8. The molecular formula is C23H25FN4OS. The fourth-order valence-corrected chi connectivity index (χ4v) is 5.37. The van der Waals surface area contributed by atoms with Crippen LogP contribution in [0.3, 0.4) is 0 Å². The molecule has 4 heterocycles. The van der Waals surface area contributed by atoms with E-state index in [1.807, 2.05) is 23.2 Å². The highest BCUT2D eigenvalue weighted by Crippen LogP contribution is 2.31. The summed E-state index contributed by atoms with van der Waals surface area (Å²) >= 11 is 1.73. The van der Waals surface area contributed by atoms with Crippen molar-refractivity contribution in [3.05, 3.63) is 53.8 Å². The number of piperidine rings is 1. The number of pyridine rings is 1. The van der Waals surface area contributed by atoms with Gasteiger partial charge < -0.3 is 14.7 Å². The molecule has 1 atom stereocenters. The lowest BCUT2D eigenvalue weighted by molar-refractivity contribution is -0.136. The predicted octanol–water partition coefficient (Wildman–Crippen LogP) is 4.00. The van der Waals surface area contributed by atoms with Crippen LogP contribution in [0.2, 0.25) is 0 Å². The number of halogens is 1. The van der Waals surface area contributed by atoms with Crippen LogP contribution in [0.4, 0.5) is 15.9 Å². The number of carbonyl (C=O) groups is 1. The summed E-state index contributed by atoms with van der Waals surface area (Å²) in [4.78, 5) is 24.4. The third-order valence-corrected chi connectivity index (χ3v) is 7.09. The molecule has 0 unspecified atom stereocenters. The minimum atomic E-state index is -0.220. The normalized spacial score (nSPS) is 20.0. The van der Waals surface area contributed by atoms with Crippen LogP contribution in [0.15, 0.2) is 48.0 Å². The molecule has 2 fully saturated rings. The molecule has 156 valence electrons. The highest BCUT2D eigenvalue weighted by Gasteiger charge is 2.32. The van der Waals surface area contributed by atoms with Crippen molar-refractivity contribution >= 4 is 38.8 Å². The molecule has 3 aromatic rings. The summed E-state index contributed by atoms with van der Waals surface area (Å²) in [5.41, 5.74) is 1.02. The predicted molar refractivity (Wildman–Crippen MR) is 120 cm³/mol. The van der Waals surface area contributed by atoms with E-state index in [1.165, 1.54) is 22.2 Å². The first-order valence-corrected chi connectivity index (χ1v) is 11.4. The van der Waals surface area contributed by atoms with Gasteiger partial charge in [-0.3, -0.25) is 4.79 Å². The van der Waals surface area contributed by atoms with Gasteiger partial charge in [-0.15, -0.1) is 11.3 Å². The largest absolute Gasteiger partial charge is 0.368 e. The lowest BCUT2D eigenvalue weighted by Gasteiger charge is -2.40. The summed E-state index contributed by atoms with van der Waals surface area (Å²) in [6, 6.07) is 10.8. The molecule has 2 aromatic heterocycles. The Balaban J connectivity index is 1.23. The van der Waals surface area contributed by atoms with Gasteiger partial charge in [0.25, 0.3) is 0 Å². The summed E-state index contributed by atoms with van der Waals surface area (Å²) in [7, 11) is 0. The van der Waals surface area contributed by atoms with Gasteiger partial charge in [-0.1, -0.05) is 0 Å². The van der Waals surface area contributed by atoms with Crippen molar-refractivity contribution < 1.29 is 9.18 Å². The molecular weight excluding hydrogens is 399 g/mol. The zero-order chi connectivity index (χ0) is 20.5. The Morgan fingerprint density at radius 1 is 1.00 bits per heavy atom. The van der Waals surface area contributed by atoms with Crippen LogP contribution < -0.4 is 9.80 Å². The number of carbonyl (C=O) groups excluding carboxylic acids is 1. The zero-order valence-corrected chi connectivity index (χ0v) is 17.7. The number of anilines is 2. The van der Waals surface area contributed by atoms with Crippen molar-refractivity contribution in [2.45, 2.75) is 12.8 Å². The first kappa shape index (κ1) is 19.3. The van der Waals surface area contributed by atoms with Crippen LogP contribution in [-0.2, 0) is 4.79 Å². The highest BCUT2D eigenvalue weighted by atomic mass is 32.1. The molecule has 5 nitrogen and oxygen atoms in total. The maximum absolute atomic E-state index is 13.2. The number of piperazine rings is 1. The van der Waals surface area contributed by atoms with Crippen molar-refractivity contribution in [2.75, 3.05) is 49.1 Å². The van der Waals surface area contributed by atoms with Crippen molar-refractivity contribution in [3.63, 3.8) is 0 Å². The lowest BCUT2D eigenvalue weighted by atomic mass is 9.96. The van der Waals surface area contributed by atoms with Crippen molar-refractivity contribution in [2.24, 2.45) is 5.92 Å². The number of hydrogen-bond donors (Lipinski definition) is 0. The Kier molecular flexibility index (Phi) is 5.29. The third kappa shape index (κ3) is 3.74. The summed E-state index contributed by atoms with van der Waals surface area (Å²) in [5.74, 6) is 1.07. The van der Waals surface area contributed by atoms with Crippen LogP contribution in [0.5, 0.6) is 0 Å². The first-order valence-electron chi connectivity index (χ1n) is 10.6. The number of hydrogen-bond acceptors (Lipinski definition) is 5. The average molecular weight is 425 g/mol. The molecule has 1 amide bonds. The summed E-state index contributed by atoms with van der Waals surface area (Å²) in [6.45, 7) is 4.67. The maximum atomic E-state index is 13.2. The van der Waals surface area contributed by atoms with Gasteiger partial charge in [0.05, 0.1) is 5.92 Å². The molecule has 0 spiro atoms. The van der Waals surface area contributed by atoms with Crippen LogP contribution in [0.1, 0.15) is 12.8 Å². The third-order valence-electron chi connectivity index (χ3n) is 6.21. The van der Waals surface area contributed by atoms with Gasteiger partial charge in [0.1, 0.15) is 11.6 Å². The molecule has 2 aliphatic rings. The van der Waals surface area contributed by atoms with Gasteiger partial charge >= 0.3 is 0 Å². The van der Waals surface area contributed by atoms with Gasteiger partial charge in [0, 0.05) is 61.2 Å². The minimum absolute atomic E-state index is 0.0202.